The van der Waals surface area contributed by atoms with E-state index in [1.54, 1.807) is 25.7 Å². The molecule has 8 nitrogen and oxygen atoms in total. The third-order valence-corrected chi connectivity index (χ3v) is 6.20. The van der Waals surface area contributed by atoms with E-state index in [4.69, 9.17) is 9.47 Å². The van der Waals surface area contributed by atoms with E-state index in [2.05, 4.69) is 15.1 Å². The number of carbonyl (C=O) groups is 1. The van der Waals surface area contributed by atoms with Crippen LogP contribution in [0, 0.1) is 0 Å². The van der Waals surface area contributed by atoms with Crippen LogP contribution in [-0.4, -0.2) is 50.8 Å². The van der Waals surface area contributed by atoms with Crippen molar-refractivity contribution < 1.29 is 14.3 Å². The van der Waals surface area contributed by atoms with E-state index in [-0.39, 0.29) is 11.8 Å². The van der Waals surface area contributed by atoms with Gasteiger partial charge in [0.25, 0.3) is 5.91 Å². The Morgan fingerprint density at radius 2 is 1.80 bits per heavy atom. The molecule has 0 N–H and O–H groups in total. The summed E-state index contributed by atoms with van der Waals surface area (Å²) in [6, 6.07) is 17.0. The van der Waals surface area contributed by atoms with Gasteiger partial charge >= 0.3 is 0 Å². The van der Waals surface area contributed by atoms with Crippen LogP contribution in [0.2, 0.25) is 0 Å². The molecule has 0 unspecified atom stereocenters. The van der Waals surface area contributed by atoms with Gasteiger partial charge in [-0.05, 0) is 54.8 Å². The van der Waals surface area contributed by atoms with Gasteiger partial charge in [-0.3, -0.25) is 14.5 Å². The molecule has 0 aliphatic carbocycles. The van der Waals surface area contributed by atoms with Crippen molar-refractivity contribution in [1.82, 2.24) is 24.6 Å². The van der Waals surface area contributed by atoms with E-state index < -0.39 is 0 Å². The highest BCUT2D eigenvalue weighted by Gasteiger charge is 2.29. The van der Waals surface area contributed by atoms with Crippen molar-refractivity contribution in [3.05, 3.63) is 96.2 Å². The molecule has 0 saturated carbocycles. The van der Waals surface area contributed by atoms with Crippen molar-refractivity contribution >= 4 is 5.91 Å². The maximum Gasteiger partial charge on any atom is 0.254 e. The molecule has 0 radical (unpaired) electrons. The van der Waals surface area contributed by atoms with Crippen molar-refractivity contribution in [2.75, 3.05) is 20.2 Å². The monoisotopic (exact) mass is 469 g/mol. The molecule has 2 aromatic heterocycles. The molecule has 1 fully saturated rings. The molecule has 1 saturated heterocycles. The maximum absolute atomic E-state index is 13.6. The smallest absolute Gasteiger partial charge is 0.254 e. The van der Waals surface area contributed by atoms with Crippen LogP contribution in [0.5, 0.6) is 17.4 Å². The highest BCUT2D eigenvalue weighted by Crippen LogP contribution is 2.33. The summed E-state index contributed by atoms with van der Waals surface area (Å²) in [6.07, 6.45) is 8.74. The summed E-state index contributed by atoms with van der Waals surface area (Å²) in [5, 5.41) is 4.29. The van der Waals surface area contributed by atoms with Gasteiger partial charge in [0, 0.05) is 49.4 Å². The summed E-state index contributed by atoms with van der Waals surface area (Å²) in [5.74, 6) is 1.94. The Morgan fingerprint density at radius 1 is 1.00 bits per heavy atom. The number of piperidine rings is 1. The third kappa shape index (κ3) is 5.16. The van der Waals surface area contributed by atoms with E-state index in [1.165, 1.54) is 0 Å². The number of aromatic nitrogens is 4. The second-order valence-electron chi connectivity index (χ2n) is 8.48. The van der Waals surface area contributed by atoms with E-state index in [0.29, 0.717) is 36.8 Å². The fourth-order valence-electron chi connectivity index (χ4n) is 4.44. The minimum Gasteiger partial charge on any atom is -0.497 e. The number of ether oxygens (including phenoxy) is 2. The third-order valence-electron chi connectivity index (χ3n) is 6.20. The van der Waals surface area contributed by atoms with Gasteiger partial charge < -0.3 is 14.4 Å². The summed E-state index contributed by atoms with van der Waals surface area (Å²) in [4.78, 5) is 24.5. The number of methoxy groups -OCH3 is 1. The predicted molar refractivity (Wildman–Crippen MR) is 131 cm³/mol. The van der Waals surface area contributed by atoms with Gasteiger partial charge in [-0.2, -0.15) is 5.10 Å². The lowest BCUT2D eigenvalue weighted by Crippen LogP contribution is -2.39. The molecule has 1 aliphatic rings. The minimum atomic E-state index is 0.0268. The Hall–Kier alpha value is -4.20. The first kappa shape index (κ1) is 22.6. The Bertz CT molecular complexity index is 1270. The highest BCUT2D eigenvalue weighted by molar-refractivity contribution is 5.95. The van der Waals surface area contributed by atoms with Crippen LogP contribution < -0.4 is 9.47 Å². The number of amides is 1. The number of nitrogens with zero attached hydrogens (tertiary/aromatic N) is 5. The molecule has 1 amide bonds. The molecule has 178 valence electrons. The lowest BCUT2D eigenvalue weighted by atomic mass is 9.93. The van der Waals surface area contributed by atoms with Crippen LogP contribution in [0.1, 0.15) is 40.4 Å². The molecular weight excluding hydrogens is 442 g/mol. The zero-order valence-corrected chi connectivity index (χ0v) is 19.6. The van der Waals surface area contributed by atoms with E-state index in [9.17, 15) is 4.79 Å². The topological polar surface area (TPSA) is 82.4 Å². The van der Waals surface area contributed by atoms with Crippen LogP contribution in [-0.2, 0) is 6.54 Å². The van der Waals surface area contributed by atoms with Gasteiger partial charge in [-0.25, -0.2) is 4.98 Å². The summed E-state index contributed by atoms with van der Waals surface area (Å²) in [5.41, 5.74) is 2.43. The Morgan fingerprint density at radius 3 is 2.60 bits per heavy atom. The second-order valence-corrected chi connectivity index (χ2v) is 8.48. The van der Waals surface area contributed by atoms with E-state index >= 15 is 0 Å². The maximum atomic E-state index is 13.6. The summed E-state index contributed by atoms with van der Waals surface area (Å²) >= 11 is 0. The molecule has 2 aromatic carbocycles. The summed E-state index contributed by atoms with van der Waals surface area (Å²) in [6.45, 7) is 1.82. The molecule has 1 atom stereocenters. The molecular formula is C27H27N5O3. The zero-order chi connectivity index (χ0) is 24.0. The highest BCUT2D eigenvalue weighted by atomic mass is 16.5. The fourth-order valence-corrected chi connectivity index (χ4v) is 4.44. The average Bonchev–Trinajstić information content (AvgIpc) is 3.43. The SMILES string of the molecule is COc1ccc(Oc2nccnc2[C@@H]2CCCN(C(=O)c3ccccc3Cn3cccn3)C2)cc1. The van der Waals surface area contributed by atoms with Crippen molar-refractivity contribution in [2.45, 2.75) is 25.3 Å². The second kappa shape index (κ2) is 10.4. The lowest BCUT2D eigenvalue weighted by molar-refractivity contribution is 0.0703. The van der Waals surface area contributed by atoms with Crippen LogP contribution >= 0.6 is 0 Å². The van der Waals surface area contributed by atoms with E-state index in [1.807, 2.05) is 70.4 Å². The Balaban J connectivity index is 1.34. The van der Waals surface area contributed by atoms with Gasteiger partial charge in [-0.15, -0.1) is 0 Å². The van der Waals surface area contributed by atoms with Crippen LogP contribution in [0.4, 0.5) is 0 Å². The number of rotatable bonds is 7. The first-order valence-corrected chi connectivity index (χ1v) is 11.7. The van der Waals surface area contributed by atoms with Crippen LogP contribution in [0.25, 0.3) is 0 Å². The van der Waals surface area contributed by atoms with Crippen LogP contribution in [0.3, 0.4) is 0 Å². The number of hydrogen-bond donors (Lipinski definition) is 0. The minimum absolute atomic E-state index is 0.0268. The molecule has 8 heteroatoms. The number of hydrogen-bond acceptors (Lipinski definition) is 6. The predicted octanol–water partition coefficient (Wildman–Crippen LogP) is 4.54. The van der Waals surface area contributed by atoms with Gasteiger partial charge in [0.05, 0.1) is 13.7 Å². The van der Waals surface area contributed by atoms with E-state index in [0.717, 1.165) is 29.8 Å². The lowest BCUT2D eigenvalue weighted by Gasteiger charge is -2.33. The zero-order valence-electron chi connectivity index (χ0n) is 19.6. The first-order valence-electron chi connectivity index (χ1n) is 11.7. The van der Waals surface area contributed by atoms with Gasteiger partial charge in [-0.1, -0.05) is 18.2 Å². The summed E-state index contributed by atoms with van der Waals surface area (Å²) < 4.78 is 13.1. The van der Waals surface area contributed by atoms with Crippen molar-refractivity contribution in [3.63, 3.8) is 0 Å². The normalized spacial score (nSPS) is 15.6. The van der Waals surface area contributed by atoms with Crippen molar-refractivity contribution in [2.24, 2.45) is 0 Å². The Labute approximate surface area is 204 Å². The molecule has 0 spiro atoms. The molecule has 4 aromatic rings. The number of benzene rings is 2. The summed E-state index contributed by atoms with van der Waals surface area (Å²) in [7, 11) is 1.63. The standard InChI is InChI=1S/C27H27N5O3/c1-34-22-9-11-23(12-10-22)35-26-25(28-14-15-29-26)21-7-4-16-31(18-21)27(33)24-8-3-2-6-20(24)19-32-17-5-13-30-32/h2-3,5-6,8-15,17,21H,4,7,16,18-19H2,1H3/t21-/m1/s1. The number of likely N-dealkylation sites (tertiary alicyclic amines) is 1. The van der Waals surface area contributed by atoms with Crippen molar-refractivity contribution in [3.8, 4) is 17.4 Å². The largest absolute Gasteiger partial charge is 0.497 e. The average molecular weight is 470 g/mol. The van der Waals surface area contributed by atoms with Crippen LogP contribution in [0.15, 0.2) is 79.4 Å². The first-order chi connectivity index (χ1) is 17.2. The molecule has 35 heavy (non-hydrogen) atoms. The molecule has 5 rings (SSSR count). The molecule has 0 bridgehead atoms. The van der Waals surface area contributed by atoms with Gasteiger partial charge in [0.15, 0.2) is 0 Å². The molecule has 3 heterocycles. The van der Waals surface area contributed by atoms with Crippen molar-refractivity contribution in [1.29, 1.82) is 0 Å². The number of carbonyl (C=O) groups excluding carboxylic acids is 1. The Kier molecular flexibility index (Phi) is 6.70. The van der Waals surface area contributed by atoms with Gasteiger partial charge in [0.1, 0.15) is 17.2 Å². The van der Waals surface area contributed by atoms with Gasteiger partial charge in [0.2, 0.25) is 5.88 Å². The fraction of sp³-hybridized carbons (Fsp3) is 0.259. The molecule has 1 aliphatic heterocycles. The quantitative estimate of drug-likeness (QED) is 0.395.